The SMILES string of the molecule is COC(=O)c1c(SCc2ccc(OC)cc2)n(C2CC2)c(-c2ccc(F)cc2)cc1=O. The summed E-state index contributed by atoms with van der Waals surface area (Å²) in [7, 11) is 2.89. The van der Waals surface area contributed by atoms with Crippen LogP contribution in [0.25, 0.3) is 11.3 Å². The number of nitrogens with zero attached hydrogens (tertiary/aromatic N) is 1. The number of pyridine rings is 1. The third-order valence-corrected chi connectivity index (χ3v) is 6.33. The van der Waals surface area contributed by atoms with Crippen LogP contribution >= 0.6 is 11.8 Å². The lowest BCUT2D eigenvalue weighted by molar-refractivity contribution is 0.0593. The molecule has 0 saturated heterocycles. The van der Waals surface area contributed by atoms with E-state index >= 15 is 0 Å². The van der Waals surface area contributed by atoms with E-state index in [-0.39, 0.29) is 17.4 Å². The Kier molecular flexibility index (Phi) is 6.13. The molecule has 31 heavy (non-hydrogen) atoms. The second kappa shape index (κ2) is 8.98. The van der Waals surface area contributed by atoms with E-state index in [1.807, 2.05) is 28.8 Å². The van der Waals surface area contributed by atoms with E-state index in [0.717, 1.165) is 29.7 Å². The number of aromatic nitrogens is 1. The van der Waals surface area contributed by atoms with Gasteiger partial charge in [0.25, 0.3) is 0 Å². The van der Waals surface area contributed by atoms with Gasteiger partial charge in [-0.15, -0.1) is 11.8 Å². The Bertz CT molecular complexity index is 1150. The maximum atomic E-state index is 13.5. The zero-order valence-corrected chi connectivity index (χ0v) is 18.1. The van der Waals surface area contributed by atoms with Gasteiger partial charge in [0.05, 0.1) is 24.9 Å². The summed E-state index contributed by atoms with van der Waals surface area (Å²) in [4.78, 5) is 25.5. The highest BCUT2D eigenvalue weighted by Gasteiger charge is 2.32. The first-order valence-electron chi connectivity index (χ1n) is 9.91. The summed E-state index contributed by atoms with van der Waals surface area (Å²) in [6.45, 7) is 0. The quantitative estimate of drug-likeness (QED) is 0.380. The molecular weight excluding hydrogens is 417 g/mol. The van der Waals surface area contributed by atoms with Crippen molar-refractivity contribution in [3.05, 3.63) is 81.8 Å². The zero-order chi connectivity index (χ0) is 22.0. The van der Waals surface area contributed by atoms with E-state index in [4.69, 9.17) is 9.47 Å². The van der Waals surface area contributed by atoms with Crippen LogP contribution in [-0.4, -0.2) is 24.8 Å². The van der Waals surface area contributed by atoms with Crippen molar-refractivity contribution in [3.8, 4) is 17.0 Å². The van der Waals surface area contributed by atoms with Gasteiger partial charge < -0.3 is 14.0 Å². The Morgan fingerprint density at radius 2 is 1.77 bits per heavy atom. The highest BCUT2D eigenvalue weighted by Crippen LogP contribution is 2.43. The van der Waals surface area contributed by atoms with Crippen molar-refractivity contribution in [1.82, 2.24) is 4.57 Å². The number of hydrogen-bond donors (Lipinski definition) is 0. The molecule has 1 fully saturated rings. The molecule has 0 bridgehead atoms. The number of methoxy groups -OCH3 is 2. The van der Waals surface area contributed by atoms with E-state index in [1.54, 1.807) is 19.2 Å². The monoisotopic (exact) mass is 439 g/mol. The van der Waals surface area contributed by atoms with Crippen molar-refractivity contribution >= 4 is 17.7 Å². The first kappa shape index (κ1) is 21.2. The fourth-order valence-electron chi connectivity index (χ4n) is 3.44. The van der Waals surface area contributed by atoms with Gasteiger partial charge in [-0.2, -0.15) is 0 Å². The van der Waals surface area contributed by atoms with Crippen LogP contribution in [0.5, 0.6) is 5.75 Å². The number of carbonyl (C=O) groups excluding carboxylic acids is 1. The Morgan fingerprint density at radius 1 is 1.10 bits per heavy atom. The highest BCUT2D eigenvalue weighted by molar-refractivity contribution is 7.98. The van der Waals surface area contributed by atoms with Crippen molar-refractivity contribution in [2.24, 2.45) is 0 Å². The summed E-state index contributed by atoms with van der Waals surface area (Å²) in [5, 5.41) is 0.581. The third-order valence-electron chi connectivity index (χ3n) is 5.18. The second-order valence-electron chi connectivity index (χ2n) is 7.31. The van der Waals surface area contributed by atoms with Crippen LogP contribution in [0.1, 0.15) is 34.8 Å². The molecule has 1 aliphatic carbocycles. The molecule has 0 spiro atoms. The molecule has 2 aromatic carbocycles. The van der Waals surface area contributed by atoms with Crippen LogP contribution in [0.4, 0.5) is 4.39 Å². The minimum absolute atomic E-state index is 0.0405. The molecule has 0 amide bonds. The lowest BCUT2D eigenvalue weighted by Gasteiger charge is -2.20. The van der Waals surface area contributed by atoms with Crippen LogP contribution in [-0.2, 0) is 10.5 Å². The molecule has 0 unspecified atom stereocenters. The minimum atomic E-state index is -0.651. The number of hydrogen-bond acceptors (Lipinski definition) is 5. The molecule has 0 aliphatic heterocycles. The van der Waals surface area contributed by atoms with Gasteiger partial charge in [0.1, 0.15) is 17.1 Å². The highest BCUT2D eigenvalue weighted by atomic mass is 32.2. The molecule has 7 heteroatoms. The summed E-state index contributed by atoms with van der Waals surface area (Å²) in [6, 6.07) is 15.3. The molecular formula is C24H22FNO4S. The summed E-state index contributed by atoms with van der Waals surface area (Å²) < 4.78 is 25.6. The van der Waals surface area contributed by atoms with Crippen LogP contribution < -0.4 is 10.2 Å². The Morgan fingerprint density at radius 3 is 2.35 bits per heavy atom. The van der Waals surface area contributed by atoms with Gasteiger partial charge in [-0.05, 0) is 60.4 Å². The second-order valence-corrected chi connectivity index (χ2v) is 8.27. The first-order valence-corrected chi connectivity index (χ1v) is 10.9. The molecule has 5 nitrogen and oxygen atoms in total. The molecule has 1 aromatic heterocycles. The van der Waals surface area contributed by atoms with Gasteiger partial charge in [0.2, 0.25) is 0 Å². The summed E-state index contributed by atoms with van der Waals surface area (Å²) >= 11 is 1.43. The normalized spacial score (nSPS) is 13.1. The maximum absolute atomic E-state index is 13.5. The van der Waals surface area contributed by atoms with Crippen molar-refractivity contribution in [1.29, 1.82) is 0 Å². The Labute approximate surface area is 183 Å². The van der Waals surface area contributed by atoms with Gasteiger partial charge in [0.15, 0.2) is 5.43 Å². The predicted octanol–water partition coefficient (Wildman–Crippen LogP) is 5.08. The third kappa shape index (κ3) is 4.51. The van der Waals surface area contributed by atoms with E-state index in [1.165, 1.54) is 37.1 Å². The number of halogens is 1. The standard InChI is InChI=1S/C24H22FNO4S/c1-29-19-11-3-15(4-12-19)14-31-23-22(24(28)30-2)21(27)13-20(26(23)18-9-10-18)16-5-7-17(25)8-6-16/h3-8,11-13,18H,9-10,14H2,1-2H3. The number of ether oxygens (including phenoxy) is 2. The van der Waals surface area contributed by atoms with E-state index in [9.17, 15) is 14.0 Å². The molecule has 0 radical (unpaired) electrons. The van der Waals surface area contributed by atoms with Crippen molar-refractivity contribution in [2.75, 3.05) is 14.2 Å². The Balaban J connectivity index is 1.82. The summed E-state index contributed by atoms with van der Waals surface area (Å²) in [6.07, 6.45) is 1.90. The van der Waals surface area contributed by atoms with E-state index < -0.39 is 11.4 Å². The number of rotatable bonds is 7. The first-order chi connectivity index (χ1) is 15.0. The zero-order valence-electron chi connectivity index (χ0n) is 17.3. The molecule has 3 aromatic rings. The average Bonchev–Trinajstić information content (AvgIpc) is 3.62. The topological polar surface area (TPSA) is 57.5 Å². The van der Waals surface area contributed by atoms with Crippen LogP contribution in [0.3, 0.4) is 0 Å². The number of benzene rings is 2. The van der Waals surface area contributed by atoms with Gasteiger partial charge >= 0.3 is 5.97 Å². The van der Waals surface area contributed by atoms with Crippen LogP contribution in [0.2, 0.25) is 0 Å². The van der Waals surface area contributed by atoms with E-state index in [2.05, 4.69) is 0 Å². The average molecular weight is 440 g/mol. The number of carbonyl (C=O) groups is 1. The molecule has 0 N–H and O–H groups in total. The van der Waals surface area contributed by atoms with Gasteiger partial charge in [-0.1, -0.05) is 12.1 Å². The summed E-state index contributed by atoms with van der Waals surface area (Å²) in [5.74, 6) is 0.330. The van der Waals surface area contributed by atoms with Gasteiger partial charge in [0, 0.05) is 17.9 Å². The lowest BCUT2D eigenvalue weighted by Crippen LogP contribution is -2.23. The molecule has 1 saturated carbocycles. The Hall–Kier alpha value is -3.06. The van der Waals surface area contributed by atoms with Crippen molar-refractivity contribution in [2.45, 2.75) is 29.7 Å². The molecule has 0 atom stereocenters. The fourth-order valence-corrected chi connectivity index (χ4v) is 4.66. The molecule has 1 aliphatic rings. The number of esters is 1. The summed E-state index contributed by atoms with van der Waals surface area (Å²) in [5.41, 5.74) is 2.08. The lowest BCUT2D eigenvalue weighted by atomic mass is 10.1. The molecule has 160 valence electrons. The number of thioether (sulfide) groups is 1. The maximum Gasteiger partial charge on any atom is 0.344 e. The largest absolute Gasteiger partial charge is 0.497 e. The predicted molar refractivity (Wildman–Crippen MR) is 118 cm³/mol. The molecule has 1 heterocycles. The van der Waals surface area contributed by atoms with Crippen LogP contribution in [0, 0.1) is 5.82 Å². The van der Waals surface area contributed by atoms with Gasteiger partial charge in [-0.3, -0.25) is 4.79 Å². The van der Waals surface area contributed by atoms with Gasteiger partial charge in [-0.25, -0.2) is 9.18 Å². The fraction of sp³-hybridized carbons (Fsp3) is 0.250. The van der Waals surface area contributed by atoms with Crippen molar-refractivity contribution in [3.63, 3.8) is 0 Å². The minimum Gasteiger partial charge on any atom is -0.497 e. The van der Waals surface area contributed by atoms with Crippen molar-refractivity contribution < 1.29 is 18.7 Å². The van der Waals surface area contributed by atoms with Crippen LogP contribution in [0.15, 0.2) is 64.4 Å². The van der Waals surface area contributed by atoms with E-state index in [0.29, 0.717) is 16.5 Å². The smallest absolute Gasteiger partial charge is 0.344 e. The molecule has 4 rings (SSSR count).